The molecule has 1 aliphatic rings. The van der Waals surface area contributed by atoms with Gasteiger partial charge in [-0.25, -0.2) is 0 Å². The Morgan fingerprint density at radius 3 is 2.39 bits per heavy atom. The van der Waals surface area contributed by atoms with Crippen molar-refractivity contribution in [2.24, 2.45) is 10.7 Å². The number of nitrogens with zero attached hydrogens (tertiary/aromatic N) is 3. The maximum absolute atomic E-state index is 5.99. The Labute approximate surface area is 157 Å². The molecule has 2 rings (SSSR count). The summed E-state index contributed by atoms with van der Waals surface area (Å²) in [5.74, 6) is 0.491. The zero-order valence-corrected chi connectivity index (χ0v) is 16.8. The number of halogens is 1. The maximum atomic E-state index is 5.99. The molecule has 6 heteroatoms. The predicted molar refractivity (Wildman–Crippen MR) is 110 cm³/mol. The number of piperazine rings is 1. The monoisotopic (exact) mass is 431 g/mol. The molecule has 0 amide bonds. The van der Waals surface area contributed by atoms with Crippen LogP contribution in [0, 0.1) is 0 Å². The highest BCUT2D eigenvalue weighted by molar-refractivity contribution is 14.0. The SMILES string of the molecule is CCc1ccc(NC(N)=NCC(C)N2CCN(C)CC2)cc1.I. The predicted octanol–water partition coefficient (Wildman–Crippen LogP) is 2.23. The van der Waals surface area contributed by atoms with E-state index >= 15 is 0 Å². The molecule has 0 aliphatic carbocycles. The fourth-order valence-electron chi connectivity index (χ4n) is 2.62. The lowest BCUT2D eigenvalue weighted by Crippen LogP contribution is -2.49. The van der Waals surface area contributed by atoms with Crippen LogP contribution >= 0.6 is 24.0 Å². The van der Waals surface area contributed by atoms with Gasteiger partial charge >= 0.3 is 0 Å². The van der Waals surface area contributed by atoms with E-state index in [-0.39, 0.29) is 24.0 Å². The van der Waals surface area contributed by atoms with Crippen LogP contribution in [0.1, 0.15) is 19.4 Å². The van der Waals surface area contributed by atoms with Gasteiger partial charge in [0.05, 0.1) is 6.54 Å². The molecule has 130 valence electrons. The standard InChI is InChI=1S/C17H29N5.HI/c1-4-15-5-7-16(8-6-15)20-17(18)19-13-14(2)22-11-9-21(3)10-12-22;/h5-8,14H,4,9-13H2,1-3H3,(H3,18,19,20);1H. The summed E-state index contributed by atoms with van der Waals surface area (Å²) < 4.78 is 0. The first-order valence-corrected chi connectivity index (χ1v) is 8.17. The van der Waals surface area contributed by atoms with E-state index in [2.05, 4.69) is 53.1 Å². The van der Waals surface area contributed by atoms with Gasteiger partial charge in [0.25, 0.3) is 0 Å². The van der Waals surface area contributed by atoms with Crippen LogP contribution in [0.4, 0.5) is 5.69 Å². The fraction of sp³-hybridized carbons (Fsp3) is 0.588. The van der Waals surface area contributed by atoms with Gasteiger partial charge in [0, 0.05) is 37.9 Å². The molecular weight excluding hydrogens is 401 g/mol. The van der Waals surface area contributed by atoms with Gasteiger partial charge in [-0.05, 0) is 38.1 Å². The quantitative estimate of drug-likeness (QED) is 0.427. The Balaban J connectivity index is 0.00000264. The number of aliphatic imine (C=N–C) groups is 1. The van der Waals surface area contributed by atoms with Crippen LogP contribution in [-0.4, -0.2) is 61.6 Å². The van der Waals surface area contributed by atoms with Crippen LogP contribution in [0.3, 0.4) is 0 Å². The summed E-state index contributed by atoms with van der Waals surface area (Å²) in [4.78, 5) is 9.33. The van der Waals surface area contributed by atoms with Gasteiger partial charge in [0.2, 0.25) is 0 Å². The second-order valence-electron chi connectivity index (χ2n) is 6.09. The summed E-state index contributed by atoms with van der Waals surface area (Å²) in [7, 11) is 2.17. The third kappa shape index (κ3) is 6.64. The maximum Gasteiger partial charge on any atom is 0.193 e. The van der Waals surface area contributed by atoms with E-state index in [1.807, 2.05) is 12.1 Å². The van der Waals surface area contributed by atoms with E-state index in [1.54, 1.807) is 0 Å². The number of aryl methyl sites for hydroxylation is 1. The van der Waals surface area contributed by atoms with Gasteiger partial charge in [-0.3, -0.25) is 9.89 Å². The average molecular weight is 431 g/mol. The molecule has 1 atom stereocenters. The van der Waals surface area contributed by atoms with E-state index in [0.29, 0.717) is 12.0 Å². The molecule has 1 aliphatic heterocycles. The van der Waals surface area contributed by atoms with Gasteiger partial charge in [0.1, 0.15) is 0 Å². The molecule has 5 nitrogen and oxygen atoms in total. The van der Waals surface area contributed by atoms with Crippen LogP contribution in [0.15, 0.2) is 29.3 Å². The normalized spacial score (nSPS) is 18.3. The smallest absolute Gasteiger partial charge is 0.193 e. The Morgan fingerprint density at radius 2 is 1.83 bits per heavy atom. The zero-order valence-electron chi connectivity index (χ0n) is 14.5. The Kier molecular flexibility index (Phi) is 8.86. The lowest BCUT2D eigenvalue weighted by molar-refractivity contribution is 0.122. The summed E-state index contributed by atoms with van der Waals surface area (Å²) in [5, 5.41) is 3.16. The first-order chi connectivity index (χ1) is 10.6. The number of nitrogens with two attached hydrogens (primary N) is 1. The lowest BCUT2D eigenvalue weighted by Gasteiger charge is -2.35. The minimum Gasteiger partial charge on any atom is -0.370 e. The van der Waals surface area contributed by atoms with Crippen molar-refractivity contribution in [3.05, 3.63) is 29.8 Å². The van der Waals surface area contributed by atoms with E-state index < -0.39 is 0 Å². The molecule has 23 heavy (non-hydrogen) atoms. The molecule has 1 saturated heterocycles. The van der Waals surface area contributed by atoms with Gasteiger partial charge in [-0.15, -0.1) is 24.0 Å². The van der Waals surface area contributed by atoms with Crippen molar-refractivity contribution in [3.8, 4) is 0 Å². The van der Waals surface area contributed by atoms with Gasteiger partial charge in [-0.2, -0.15) is 0 Å². The number of rotatable bonds is 5. The van der Waals surface area contributed by atoms with Crippen molar-refractivity contribution >= 4 is 35.6 Å². The summed E-state index contributed by atoms with van der Waals surface area (Å²) in [6, 6.07) is 8.75. The molecule has 0 spiro atoms. The summed E-state index contributed by atoms with van der Waals surface area (Å²) in [6.45, 7) is 9.58. The highest BCUT2D eigenvalue weighted by atomic mass is 127. The molecule has 0 radical (unpaired) electrons. The topological polar surface area (TPSA) is 56.9 Å². The molecule has 1 unspecified atom stereocenters. The first kappa shape index (κ1) is 20.2. The number of likely N-dealkylation sites (N-methyl/N-ethyl adjacent to an activating group) is 1. The summed E-state index contributed by atoms with van der Waals surface area (Å²) in [5.41, 5.74) is 8.30. The van der Waals surface area contributed by atoms with Crippen molar-refractivity contribution in [1.82, 2.24) is 9.80 Å². The highest BCUT2D eigenvalue weighted by Crippen LogP contribution is 2.10. The zero-order chi connectivity index (χ0) is 15.9. The van der Waals surface area contributed by atoms with Gasteiger partial charge in [0.15, 0.2) is 5.96 Å². The highest BCUT2D eigenvalue weighted by Gasteiger charge is 2.18. The molecule has 3 N–H and O–H groups in total. The van der Waals surface area contributed by atoms with Crippen LogP contribution < -0.4 is 11.1 Å². The number of guanidine groups is 1. The Morgan fingerprint density at radius 1 is 1.22 bits per heavy atom. The van der Waals surface area contributed by atoms with Crippen LogP contribution in [0.2, 0.25) is 0 Å². The molecule has 0 aromatic heterocycles. The Bertz CT molecular complexity index is 480. The number of hydrogen-bond donors (Lipinski definition) is 2. The molecule has 0 saturated carbocycles. The van der Waals surface area contributed by atoms with Crippen LogP contribution in [0.25, 0.3) is 0 Å². The number of nitrogens with one attached hydrogen (secondary N) is 1. The van der Waals surface area contributed by atoms with E-state index in [0.717, 1.165) is 44.8 Å². The molecular formula is C17H30IN5. The second kappa shape index (κ2) is 10.1. The first-order valence-electron chi connectivity index (χ1n) is 8.17. The van der Waals surface area contributed by atoms with E-state index in [4.69, 9.17) is 5.73 Å². The van der Waals surface area contributed by atoms with Gasteiger partial charge < -0.3 is 16.0 Å². The molecule has 0 bridgehead atoms. The minimum atomic E-state index is 0. The summed E-state index contributed by atoms with van der Waals surface area (Å²) >= 11 is 0. The number of anilines is 1. The molecule has 1 fully saturated rings. The molecule has 1 aromatic carbocycles. The Hall–Kier alpha value is -0.860. The van der Waals surface area contributed by atoms with E-state index in [9.17, 15) is 0 Å². The minimum absolute atomic E-state index is 0. The largest absolute Gasteiger partial charge is 0.370 e. The van der Waals surface area contributed by atoms with Crippen molar-refractivity contribution in [2.45, 2.75) is 26.3 Å². The number of hydrogen-bond acceptors (Lipinski definition) is 3. The van der Waals surface area contributed by atoms with Crippen molar-refractivity contribution in [2.75, 3.05) is 45.1 Å². The van der Waals surface area contributed by atoms with Crippen LogP contribution in [-0.2, 0) is 6.42 Å². The number of benzene rings is 1. The average Bonchev–Trinajstić information content (AvgIpc) is 2.54. The van der Waals surface area contributed by atoms with Crippen molar-refractivity contribution < 1.29 is 0 Å². The van der Waals surface area contributed by atoms with Crippen molar-refractivity contribution in [1.29, 1.82) is 0 Å². The summed E-state index contributed by atoms with van der Waals surface area (Å²) in [6.07, 6.45) is 1.05. The molecule has 1 heterocycles. The fourth-order valence-corrected chi connectivity index (χ4v) is 2.62. The molecule has 1 aromatic rings. The second-order valence-corrected chi connectivity index (χ2v) is 6.09. The van der Waals surface area contributed by atoms with Gasteiger partial charge in [-0.1, -0.05) is 19.1 Å². The van der Waals surface area contributed by atoms with Crippen LogP contribution in [0.5, 0.6) is 0 Å². The third-order valence-corrected chi connectivity index (χ3v) is 4.32. The van der Waals surface area contributed by atoms with Crippen molar-refractivity contribution in [3.63, 3.8) is 0 Å². The van der Waals surface area contributed by atoms with E-state index in [1.165, 1.54) is 5.56 Å². The lowest BCUT2D eigenvalue weighted by atomic mass is 10.1. The third-order valence-electron chi connectivity index (χ3n) is 4.32.